The first-order chi connectivity index (χ1) is 10.3. The van der Waals surface area contributed by atoms with Crippen LogP contribution in [0.25, 0.3) is 6.08 Å². The molecule has 104 valence electrons. The van der Waals surface area contributed by atoms with Crippen molar-refractivity contribution in [3.05, 3.63) is 72.7 Å². The molecule has 0 bridgehead atoms. The second kappa shape index (κ2) is 5.92. The topological polar surface area (TPSA) is 12.5 Å². The number of rotatable bonds is 4. The Morgan fingerprint density at radius 2 is 2.05 bits per heavy atom. The third-order valence-corrected chi connectivity index (χ3v) is 3.80. The monoisotopic (exact) mass is 275 g/mol. The van der Waals surface area contributed by atoms with Gasteiger partial charge in [-0.15, -0.1) is 6.58 Å². The van der Waals surface area contributed by atoms with Crippen molar-refractivity contribution in [1.82, 2.24) is 0 Å². The van der Waals surface area contributed by atoms with Crippen LogP contribution < -0.4 is 15.0 Å². The molecule has 3 heteroatoms. The van der Waals surface area contributed by atoms with Crippen molar-refractivity contribution in [2.24, 2.45) is 0 Å². The average molecular weight is 275 g/mol. The van der Waals surface area contributed by atoms with Crippen LogP contribution in [0, 0.1) is 0 Å². The first-order valence-corrected chi connectivity index (χ1v) is 7.12. The summed E-state index contributed by atoms with van der Waals surface area (Å²) in [6.07, 6.45) is 4.14. The minimum atomic E-state index is 0.202. The number of anilines is 1. The van der Waals surface area contributed by atoms with E-state index >= 15 is 0 Å². The highest BCUT2D eigenvalue weighted by Gasteiger charge is 2.27. The molecule has 0 fully saturated rings. The van der Waals surface area contributed by atoms with Gasteiger partial charge in [-0.2, -0.15) is 0 Å². The van der Waals surface area contributed by atoms with Gasteiger partial charge in [0.05, 0.1) is 7.11 Å². The molecule has 0 unspecified atom stereocenters. The Bertz CT molecular complexity index is 680. The molecular weight excluding hydrogens is 257 g/mol. The second-order valence-electron chi connectivity index (χ2n) is 5.08. The van der Waals surface area contributed by atoms with Crippen LogP contribution in [-0.2, 0) is 0 Å². The Kier molecular flexibility index (Phi) is 3.82. The molecule has 1 aliphatic rings. The van der Waals surface area contributed by atoms with Crippen LogP contribution in [0.4, 0.5) is 5.69 Å². The van der Waals surface area contributed by atoms with Gasteiger partial charge in [-0.3, -0.25) is 0 Å². The number of methoxy groups -OCH3 is 1. The van der Waals surface area contributed by atoms with Crippen LogP contribution in [0.15, 0.2) is 67.2 Å². The highest BCUT2D eigenvalue weighted by molar-refractivity contribution is 6.82. The molecule has 0 N–H and O–H groups in total. The van der Waals surface area contributed by atoms with E-state index in [1.807, 2.05) is 18.2 Å². The molecular formula is C18H18BNO. The van der Waals surface area contributed by atoms with Crippen LogP contribution in [-0.4, -0.2) is 20.5 Å². The minimum absolute atomic E-state index is 0.202. The van der Waals surface area contributed by atoms with Crippen molar-refractivity contribution in [2.75, 3.05) is 18.5 Å². The summed E-state index contributed by atoms with van der Waals surface area (Å²) in [4.78, 5) is 2.36. The predicted octanol–water partition coefficient (Wildman–Crippen LogP) is 3.15. The Hall–Kier alpha value is -2.42. The number of ether oxygens (including phenoxy) is 1. The maximum absolute atomic E-state index is 5.35. The molecule has 0 atom stereocenters. The fourth-order valence-electron chi connectivity index (χ4n) is 2.81. The normalized spacial score (nSPS) is 13.0. The standard InChI is InChI=1S/C18H18BNO/c1-3-13-20-18-10-5-4-7-15(18)11-12-19(20)16-8-6-9-17(14-16)21-2/h3-12,14H,1,13H2,2H3. The van der Waals surface area contributed by atoms with Crippen molar-refractivity contribution < 1.29 is 4.74 Å². The number of nitrogens with zero attached hydrogens (tertiary/aromatic N) is 1. The van der Waals surface area contributed by atoms with E-state index in [0.29, 0.717) is 0 Å². The summed E-state index contributed by atoms with van der Waals surface area (Å²) in [6, 6.07) is 16.7. The fraction of sp³-hybridized carbons (Fsp3) is 0.111. The van der Waals surface area contributed by atoms with E-state index < -0.39 is 0 Å². The number of hydrogen-bond donors (Lipinski definition) is 0. The zero-order valence-corrected chi connectivity index (χ0v) is 12.2. The average Bonchev–Trinajstić information content (AvgIpc) is 2.55. The smallest absolute Gasteiger partial charge is 0.316 e. The van der Waals surface area contributed by atoms with Crippen LogP contribution in [0.5, 0.6) is 5.75 Å². The number of benzene rings is 2. The molecule has 0 saturated carbocycles. The molecule has 1 aliphatic heterocycles. The molecule has 0 saturated heterocycles. The van der Waals surface area contributed by atoms with E-state index in [9.17, 15) is 0 Å². The fourth-order valence-corrected chi connectivity index (χ4v) is 2.81. The van der Waals surface area contributed by atoms with E-state index in [4.69, 9.17) is 4.74 Å². The summed E-state index contributed by atoms with van der Waals surface area (Å²) in [7, 11) is 1.70. The first kappa shape index (κ1) is 13.6. The summed E-state index contributed by atoms with van der Waals surface area (Å²) in [5.41, 5.74) is 3.72. The van der Waals surface area contributed by atoms with Crippen molar-refractivity contribution >= 4 is 24.1 Å². The highest BCUT2D eigenvalue weighted by Crippen LogP contribution is 2.27. The molecule has 0 aromatic heterocycles. The van der Waals surface area contributed by atoms with Gasteiger partial charge >= 0.3 is 6.85 Å². The maximum Gasteiger partial charge on any atom is 0.316 e. The summed E-state index contributed by atoms with van der Waals surface area (Å²) in [5.74, 6) is 3.12. The molecule has 2 aromatic rings. The summed E-state index contributed by atoms with van der Waals surface area (Å²) < 4.78 is 5.35. The van der Waals surface area contributed by atoms with E-state index in [2.05, 4.69) is 59.8 Å². The van der Waals surface area contributed by atoms with Crippen molar-refractivity contribution in [2.45, 2.75) is 0 Å². The van der Waals surface area contributed by atoms with E-state index in [1.165, 1.54) is 16.7 Å². The van der Waals surface area contributed by atoms with Crippen molar-refractivity contribution in [3.8, 4) is 5.75 Å². The van der Waals surface area contributed by atoms with Gasteiger partial charge in [0.15, 0.2) is 0 Å². The third-order valence-electron chi connectivity index (χ3n) is 3.80. The van der Waals surface area contributed by atoms with E-state index in [-0.39, 0.29) is 6.85 Å². The van der Waals surface area contributed by atoms with Gasteiger partial charge in [-0.1, -0.05) is 48.5 Å². The van der Waals surface area contributed by atoms with E-state index in [0.717, 1.165) is 12.3 Å². The van der Waals surface area contributed by atoms with Crippen LogP contribution in [0.3, 0.4) is 0 Å². The van der Waals surface area contributed by atoms with Crippen molar-refractivity contribution in [3.63, 3.8) is 0 Å². The Balaban J connectivity index is 2.04. The number of hydrogen-bond acceptors (Lipinski definition) is 2. The predicted molar refractivity (Wildman–Crippen MR) is 91.4 cm³/mol. The summed E-state index contributed by atoms with van der Waals surface area (Å²) >= 11 is 0. The van der Waals surface area contributed by atoms with Crippen LogP contribution in [0.1, 0.15) is 5.56 Å². The second-order valence-corrected chi connectivity index (χ2v) is 5.08. The van der Waals surface area contributed by atoms with Crippen molar-refractivity contribution in [1.29, 1.82) is 0 Å². The first-order valence-electron chi connectivity index (χ1n) is 7.12. The Morgan fingerprint density at radius 1 is 1.19 bits per heavy atom. The van der Waals surface area contributed by atoms with Gasteiger partial charge in [0, 0.05) is 12.2 Å². The molecule has 0 spiro atoms. The zero-order chi connectivity index (χ0) is 14.7. The molecule has 2 nitrogen and oxygen atoms in total. The van der Waals surface area contributed by atoms with Gasteiger partial charge in [0.1, 0.15) is 5.75 Å². The zero-order valence-electron chi connectivity index (χ0n) is 12.2. The van der Waals surface area contributed by atoms with Crippen LogP contribution in [0.2, 0.25) is 0 Å². The Labute approximate surface area is 126 Å². The van der Waals surface area contributed by atoms with Gasteiger partial charge in [0.25, 0.3) is 0 Å². The summed E-state index contributed by atoms with van der Waals surface area (Å²) in [5, 5.41) is 0. The Morgan fingerprint density at radius 3 is 2.86 bits per heavy atom. The van der Waals surface area contributed by atoms with Gasteiger partial charge in [0.2, 0.25) is 0 Å². The SMILES string of the molecule is C=CCN1B(c2cccc(OC)c2)C=Cc2ccccc21. The lowest BCUT2D eigenvalue weighted by molar-refractivity contribution is 0.415. The molecule has 2 aromatic carbocycles. The molecule has 21 heavy (non-hydrogen) atoms. The molecule has 3 rings (SSSR count). The van der Waals surface area contributed by atoms with E-state index in [1.54, 1.807) is 7.11 Å². The molecule has 0 amide bonds. The quantitative estimate of drug-likeness (QED) is 0.627. The van der Waals surface area contributed by atoms with Crippen LogP contribution >= 0.6 is 0 Å². The highest BCUT2D eigenvalue weighted by atomic mass is 16.5. The number of para-hydroxylation sites is 1. The molecule has 0 radical (unpaired) electrons. The lowest BCUT2D eigenvalue weighted by atomic mass is 9.52. The maximum atomic E-state index is 5.35. The lowest BCUT2D eigenvalue weighted by Crippen LogP contribution is -2.49. The molecule has 1 heterocycles. The van der Waals surface area contributed by atoms with Gasteiger partial charge in [-0.25, -0.2) is 0 Å². The summed E-state index contributed by atoms with van der Waals surface area (Å²) in [6.45, 7) is 4.91. The number of fused-ring (bicyclic) bond motifs is 1. The minimum Gasteiger partial charge on any atom is -0.497 e. The van der Waals surface area contributed by atoms with Gasteiger partial charge in [-0.05, 0) is 29.2 Å². The molecule has 0 aliphatic carbocycles. The third kappa shape index (κ3) is 2.59. The van der Waals surface area contributed by atoms with Gasteiger partial charge < -0.3 is 9.55 Å². The largest absolute Gasteiger partial charge is 0.497 e. The lowest BCUT2D eigenvalue weighted by Gasteiger charge is -2.33.